The normalized spacial score (nSPS) is 10.6. The summed E-state index contributed by atoms with van der Waals surface area (Å²) in [6.07, 6.45) is 5.20. The summed E-state index contributed by atoms with van der Waals surface area (Å²) >= 11 is 0. The average molecular weight is 186 g/mol. The number of nitriles is 1. The van der Waals surface area contributed by atoms with Crippen LogP contribution in [0, 0.1) is 11.3 Å². The van der Waals surface area contributed by atoms with Crippen molar-refractivity contribution in [1.29, 1.82) is 5.26 Å². The van der Waals surface area contributed by atoms with Crippen molar-refractivity contribution >= 4 is 12.3 Å². The van der Waals surface area contributed by atoms with Gasteiger partial charge in [-0.3, -0.25) is 0 Å². The summed E-state index contributed by atoms with van der Waals surface area (Å²) in [5.74, 6) is 0. The van der Waals surface area contributed by atoms with E-state index >= 15 is 0 Å². The highest BCUT2D eigenvalue weighted by molar-refractivity contribution is 5.77. The minimum atomic E-state index is 0.660. The Morgan fingerprint density at radius 3 is 2.64 bits per heavy atom. The number of oxime groups is 1. The lowest BCUT2D eigenvalue weighted by atomic mass is 10.1. The van der Waals surface area contributed by atoms with E-state index in [0.29, 0.717) is 5.56 Å². The molecule has 0 atom stereocenters. The van der Waals surface area contributed by atoms with Crippen molar-refractivity contribution in [3.63, 3.8) is 0 Å². The Morgan fingerprint density at radius 2 is 2.07 bits per heavy atom. The molecule has 0 aromatic heterocycles. The Hall–Kier alpha value is -2.08. The maximum absolute atomic E-state index is 8.57. The lowest BCUT2D eigenvalue weighted by Crippen LogP contribution is -1.75. The second-order valence-corrected chi connectivity index (χ2v) is 2.53. The fourth-order valence-corrected chi connectivity index (χ4v) is 0.919. The van der Waals surface area contributed by atoms with Gasteiger partial charge in [-0.25, -0.2) is 0 Å². The van der Waals surface area contributed by atoms with Crippen molar-refractivity contribution in [3.8, 4) is 6.07 Å². The molecule has 0 unspecified atom stereocenters. The Morgan fingerprint density at radius 1 is 1.36 bits per heavy atom. The standard InChI is InChI=1S/C11H10N2O/c1-14-13-8-2-3-10-4-6-11(9-12)7-5-10/h2-8H,1H3/b3-2+,13-8+. The molecule has 0 saturated carbocycles. The van der Waals surface area contributed by atoms with Gasteiger partial charge in [-0.1, -0.05) is 23.4 Å². The van der Waals surface area contributed by atoms with Gasteiger partial charge >= 0.3 is 0 Å². The highest BCUT2D eigenvalue weighted by atomic mass is 16.6. The van der Waals surface area contributed by atoms with Gasteiger partial charge in [-0.05, 0) is 23.8 Å². The molecule has 3 nitrogen and oxygen atoms in total. The van der Waals surface area contributed by atoms with Crippen LogP contribution in [0.3, 0.4) is 0 Å². The maximum Gasteiger partial charge on any atom is 0.106 e. The van der Waals surface area contributed by atoms with Gasteiger partial charge in [0.15, 0.2) is 0 Å². The SMILES string of the molecule is CO/N=C/C=C/c1ccc(C#N)cc1. The van der Waals surface area contributed by atoms with E-state index in [1.54, 1.807) is 24.4 Å². The maximum atomic E-state index is 8.57. The van der Waals surface area contributed by atoms with E-state index in [9.17, 15) is 0 Å². The largest absolute Gasteiger partial charge is 0.399 e. The lowest BCUT2D eigenvalue weighted by Gasteiger charge is -1.91. The van der Waals surface area contributed by atoms with Crippen molar-refractivity contribution in [2.24, 2.45) is 5.16 Å². The minimum Gasteiger partial charge on any atom is -0.399 e. The number of allylic oxidation sites excluding steroid dienone is 1. The van der Waals surface area contributed by atoms with E-state index in [-0.39, 0.29) is 0 Å². The predicted molar refractivity (Wildman–Crippen MR) is 55.7 cm³/mol. The summed E-state index contributed by atoms with van der Waals surface area (Å²) in [4.78, 5) is 4.49. The zero-order chi connectivity index (χ0) is 10.2. The molecule has 0 aliphatic carbocycles. The lowest BCUT2D eigenvalue weighted by molar-refractivity contribution is 0.215. The van der Waals surface area contributed by atoms with Gasteiger partial charge < -0.3 is 4.84 Å². The van der Waals surface area contributed by atoms with Crippen molar-refractivity contribution in [3.05, 3.63) is 41.5 Å². The van der Waals surface area contributed by atoms with Crippen LogP contribution in [0.5, 0.6) is 0 Å². The molecule has 0 bridgehead atoms. The van der Waals surface area contributed by atoms with Crippen LogP contribution in [0.4, 0.5) is 0 Å². The van der Waals surface area contributed by atoms with Gasteiger partial charge in [0.25, 0.3) is 0 Å². The molecule has 0 aliphatic heterocycles. The number of benzene rings is 1. The zero-order valence-corrected chi connectivity index (χ0v) is 7.84. The van der Waals surface area contributed by atoms with E-state index in [2.05, 4.69) is 16.1 Å². The van der Waals surface area contributed by atoms with Crippen molar-refractivity contribution in [1.82, 2.24) is 0 Å². The fourth-order valence-electron chi connectivity index (χ4n) is 0.919. The summed E-state index contributed by atoms with van der Waals surface area (Å²) in [7, 11) is 1.49. The third-order valence-electron chi connectivity index (χ3n) is 1.58. The summed E-state index contributed by atoms with van der Waals surface area (Å²) in [6.45, 7) is 0. The Labute approximate surface area is 82.9 Å². The molecule has 1 rings (SSSR count). The molecule has 0 N–H and O–H groups in total. The molecule has 0 spiro atoms. The highest BCUT2D eigenvalue weighted by Crippen LogP contribution is 2.04. The molecule has 0 amide bonds. The van der Waals surface area contributed by atoms with Crippen LogP contribution in [0.2, 0.25) is 0 Å². The molecule has 0 aliphatic rings. The van der Waals surface area contributed by atoms with Crippen molar-refractivity contribution < 1.29 is 4.84 Å². The third kappa shape index (κ3) is 3.11. The third-order valence-corrected chi connectivity index (χ3v) is 1.58. The van der Waals surface area contributed by atoms with Crippen LogP contribution in [-0.4, -0.2) is 13.3 Å². The number of rotatable bonds is 3. The summed E-state index contributed by atoms with van der Waals surface area (Å²) in [5, 5.41) is 12.1. The summed E-state index contributed by atoms with van der Waals surface area (Å²) in [6, 6.07) is 9.34. The number of hydrogen-bond acceptors (Lipinski definition) is 3. The van der Waals surface area contributed by atoms with E-state index in [1.165, 1.54) is 7.11 Å². The van der Waals surface area contributed by atoms with E-state index in [0.717, 1.165) is 5.56 Å². The second-order valence-electron chi connectivity index (χ2n) is 2.53. The predicted octanol–water partition coefficient (Wildman–Crippen LogP) is 2.20. The quantitative estimate of drug-likeness (QED) is 0.536. The number of hydrogen-bond donors (Lipinski definition) is 0. The molecular formula is C11H10N2O. The second kappa shape index (κ2) is 5.55. The first-order valence-electron chi connectivity index (χ1n) is 4.10. The molecule has 70 valence electrons. The molecule has 0 fully saturated rings. The van der Waals surface area contributed by atoms with Gasteiger partial charge in [-0.15, -0.1) is 0 Å². The van der Waals surface area contributed by atoms with Crippen molar-refractivity contribution in [2.45, 2.75) is 0 Å². The van der Waals surface area contributed by atoms with Crippen LogP contribution in [0.1, 0.15) is 11.1 Å². The highest BCUT2D eigenvalue weighted by Gasteiger charge is 1.88. The summed E-state index contributed by atoms with van der Waals surface area (Å²) < 4.78 is 0. The first kappa shape index (κ1) is 10.0. The Kier molecular flexibility index (Phi) is 3.96. The van der Waals surface area contributed by atoms with Gasteiger partial charge in [0.2, 0.25) is 0 Å². The fraction of sp³-hybridized carbons (Fsp3) is 0.0909. The van der Waals surface area contributed by atoms with Gasteiger partial charge in [-0.2, -0.15) is 5.26 Å². The smallest absolute Gasteiger partial charge is 0.106 e. The van der Waals surface area contributed by atoms with Crippen LogP contribution < -0.4 is 0 Å². The molecule has 0 heterocycles. The molecule has 0 saturated heterocycles. The van der Waals surface area contributed by atoms with Gasteiger partial charge in [0, 0.05) is 0 Å². The topological polar surface area (TPSA) is 45.4 Å². The first-order chi connectivity index (χ1) is 6.86. The van der Waals surface area contributed by atoms with E-state index in [4.69, 9.17) is 5.26 Å². The molecular weight excluding hydrogens is 176 g/mol. The molecule has 0 radical (unpaired) electrons. The van der Waals surface area contributed by atoms with Crippen molar-refractivity contribution in [2.75, 3.05) is 7.11 Å². The van der Waals surface area contributed by atoms with Crippen LogP contribution >= 0.6 is 0 Å². The average Bonchev–Trinajstić information content (AvgIpc) is 2.25. The van der Waals surface area contributed by atoms with E-state index in [1.807, 2.05) is 18.2 Å². The molecule has 1 aromatic rings. The van der Waals surface area contributed by atoms with E-state index < -0.39 is 0 Å². The molecule has 14 heavy (non-hydrogen) atoms. The Balaban J connectivity index is 2.65. The summed E-state index contributed by atoms with van der Waals surface area (Å²) in [5.41, 5.74) is 1.68. The van der Waals surface area contributed by atoms with Gasteiger partial charge in [0.1, 0.15) is 7.11 Å². The number of nitrogens with zero attached hydrogens (tertiary/aromatic N) is 2. The van der Waals surface area contributed by atoms with Crippen LogP contribution in [0.15, 0.2) is 35.5 Å². The zero-order valence-electron chi connectivity index (χ0n) is 7.84. The molecule has 1 aromatic carbocycles. The van der Waals surface area contributed by atoms with Crippen LogP contribution in [0.25, 0.3) is 6.08 Å². The minimum absolute atomic E-state index is 0.660. The molecule has 3 heteroatoms. The van der Waals surface area contributed by atoms with Gasteiger partial charge in [0.05, 0.1) is 17.8 Å². The monoisotopic (exact) mass is 186 g/mol. The van der Waals surface area contributed by atoms with Crippen LogP contribution in [-0.2, 0) is 4.84 Å². The first-order valence-corrected chi connectivity index (χ1v) is 4.10. The Bertz CT molecular complexity index is 371.